The first-order chi connectivity index (χ1) is 14.2. The number of rotatable bonds is 5. The van der Waals surface area contributed by atoms with E-state index in [9.17, 15) is 14.4 Å². The number of carbonyl (C=O) groups excluding carboxylic acids is 3. The Labute approximate surface area is 190 Å². The summed E-state index contributed by atoms with van der Waals surface area (Å²) in [5.74, 6) is -0.569. The van der Waals surface area contributed by atoms with Crippen LogP contribution in [0.5, 0.6) is 5.06 Å². The van der Waals surface area contributed by atoms with Gasteiger partial charge in [-0.2, -0.15) is 0 Å². The molecule has 11 heteroatoms. The van der Waals surface area contributed by atoms with Gasteiger partial charge in [-0.25, -0.2) is 4.79 Å². The van der Waals surface area contributed by atoms with Crippen LogP contribution in [0, 0.1) is 0 Å². The minimum absolute atomic E-state index is 0.0402. The maximum absolute atomic E-state index is 12.7. The molecule has 3 amide bonds. The summed E-state index contributed by atoms with van der Waals surface area (Å²) in [6.07, 6.45) is -0.768. The summed E-state index contributed by atoms with van der Waals surface area (Å²) in [6.45, 7) is 4.07. The highest BCUT2D eigenvalue weighted by atomic mass is 79.9. The van der Waals surface area contributed by atoms with E-state index in [4.69, 9.17) is 21.1 Å². The number of ether oxygens (including phenoxy) is 2. The van der Waals surface area contributed by atoms with E-state index in [1.807, 2.05) is 0 Å². The minimum atomic E-state index is -1.25. The molecule has 2 N–H and O–H groups in total. The molecule has 1 aliphatic heterocycles. The van der Waals surface area contributed by atoms with Crippen molar-refractivity contribution in [1.82, 2.24) is 5.32 Å². The highest BCUT2D eigenvalue weighted by Gasteiger charge is 2.31. The van der Waals surface area contributed by atoms with Gasteiger partial charge >= 0.3 is 6.09 Å². The molecular weight excluding hydrogens is 498 g/mol. The first-order valence-electron chi connectivity index (χ1n) is 8.90. The molecule has 8 nitrogen and oxygen atoms in total. The summed E-state index contributed by atoms with van der Waals surface area (Å²) in [5, 5.41) is 5.61. The zero-order chi connectivity index (χ0) is 21.9. The second-order valence-electron chi connectivity index (χ2n) is 6.92. The van der Waals surface area contributed by atoms with Crippen molar-refractivity contribution in [2.24, 2.45) is 0 Å². The molecule has 160 valence electrons. The van der Waals surface area contributed by atoms with Crippen molar-refractivity contribution < 1.29 is 23.9 Å². The minimum Gasteiger partial charge on any atom is -0.399 e. The largest absolute Gasteiger partial charge is 0.414 e. The van der Waals surface area contributed by atoms with Crippen molar-refractivity contribution in [3.63, 3.8) is 0 Å². The van der Waals surface area contributed by atoms with Crippen molar-refractivity contribution in [3.8, 4) is 5.06 Å². The molecule has 30 heavy (non-hydrogen) atoms. The molecule has 0 saturated carbocycles. The SMILES string of the molecule is CC(C)(NC(=O)Oc1ccc(Cl)s1)C(=O)Nc1ccc(N2CCOCC2=O)c(Br)c1. The fourth-order valence-corrected chi connectivity index (χ4v) is 4.11. The molecule has 1 aliphatic rings. The predicted octanol–water partition coefficient (Wildman–Crippen LogP) is 4.03. The lowest BCUT2D eigenvalue weighted by molar-refractivity contribution is -0.125. The smallest absolute Gasteiger partial charge is 0.399 e. The molecule has 1 saturated heterocycles. The number of thiophene rings is 1. The lowest BCUT2D eigenvalue weighted by Gasteiger charge is -2.28. The molecule has 0 atom stereocenters. The first-order valence-corrected chi connectivity index (χ1v) is 10.9. The lowest BCUT2D eigenvalue weighted by Crippen LogP contribution is -2.53. The summed E-state index contributed by atoms with van der Waals surface area (Å²) in [7, 11) is 0. The highest BCUT2D eigenvalue weighted by molar-refractivity contribution is 9.10. The second-order valence-corrected chi connectivity index (χ2v) is 9.45. The standard InChI is InChI=1S/C19H19BrClN3O5S/c1-19(2,23-18(27)29-16-6-5-14(21)30-16)17(26)22-11-3-4-13(12(20)9-11)24-7-8-28-10-15(24)25/h3-6,9H,7-8,10H2,1-2H3,(H,22,26)(H,23,27). The monoisotopic (exact) mass is 515 g/mol. The van der Waals surface area contributed by atoms with Crippen LogP contribution in [0.4, 0.5) is 16.2 Å². The van der Waals surface area contributed by atoms with E-state index >= 15 is 0 Å². The van der Waals surface area contributed by atoms with E-state index in [2.05, 4.69) is 26.6 Å². The average Bonchev–Trinajstić information content (AvgIpc) is 3.06. The summed E-state index contributed by atoms with van der Waals surface area (Å²) < 4.78 is 11.4. The van der Waals surface area contributed by atoms with Crippen LogP contribution in [0.3, 0.4) is 0 Å². The van der Waals surface area contributed by atoms with Gasteiger partial charge in [0.25, 0.3) is 5.91 Å². The molecule has 2 aromatic rings. The molecule has 1 fully saturated rings. The number of hydrogen-bond donors (Lipinski definition) is 2. The molecule has 0 spiro atoms. The average molecular weight is 517 g/mol. The highest BCUT2D eigenvalue weighted by Crippen LogP contribution is 2.31. The molecule has 0 aliphatic carbocycles. The van der Waals surface area contributed by atoms with Crippen molar-refractivity contribution in [2.45, 2.75) is 19.4 Å². The van der Waals surface area contributed by atoms with Gasteiger partial charge < -0.3 is 25.0 Å². The van der Waals surface area contributed by atoms with Gasteiger partial charge in [-0.05, 0) is 60.1 Å². The molecule has 0 unspecified atom stereocenters. The van der Waals surface area contributed by atoms with Crippen LogP contribution >= 0.6 is 38.9 Å². The van der Waals surface area contributed by atoms with Crippen molar-refractivity contribution in [1.29, 1.82) is 0 Å². The second kappa shape index (κ2) is 9.34. The van der Waals surface area contributed by atoms with Crippen LogP contribution in [-0.4, -0.2) is 43.2 Å². The maximum Gasteiger partial charge on any atom is 0.414 e. The van der Waals surface area contributed by atoms with E-state index < -0.39 is 17.5 Å². The van der Waals surface area contributed by atoms with E-state index in [1.54, 1.807) is 49.1 Å². The van der Waals surface area contributed by atoms with Crippen molar-refractivity contribution in [3.05, 3.63) is 39.1 Å². The van der Waals surface area contributed by atoms with Gasteiger partial charge in [0.15, 0.2) is 5.06 Å². The van der Waals surface area contributed by atoms with Crippen LogP contribution in [0.2, 0.25) is 4.34 Å². The van der Waals surface area contributed by atoms with Crippen molar-refractivity contribution in [2.75, 3.05) is 30.0 Å². The van der Waals surface area contributed by atoms with Gasteiger partial charge in [0.05, 0.1) is 16.6 Å². The number of anilines is 2. The Hall–Kier alpha value is -2.14. The summed E-state index contributed by atoms with van der Waals surface area (Å²) >= 11 is 10.4. The molecule has 1 aromatic heterocycles. The van der Waals surface area contributed by atoms with Crippen LogP contribution in [0.25, 0.3) is 0 Å². The number of morpholine rings is 1. The lowest BCUT2D eigenvalue weighted by atomic mass is 10.0. The zero-order valence-electron chi connectivity index (χ0n) is 16.2. The Kier molecular flexibility index (Phi) is 7.02. The Balaban J connectivity index is 1.63. The number of benzene rings is 1. The summed E-state index contributed by atoms with van der Waals surface area (Å²) in [5.41, 5.74) is -0.0507. The first kappa shape index (κ1) is 22.5. The normalized spacial score (nSPS) is 14.4. The number of amides is 3. The maximum atomic E-state index is 12.7. The zero-order valence-corrected chi connectivity index (χ0v) is 19.3. The quantitative estimate of drug-likeness (QED) is 0.625. The van der Waals surface area contributed by atoms with Gasteiger partial charge in [0, 0.05) is 16.7 Å². The number of nitrogens with one attached hydrogen (secondary N) is 2. The van der Waals surface area contributed by atoms with Crippen LogP contribution in [0.1, 0.15) is 13.8 Å². The molecule has 2 heterocycles. The predicted molar refractivity (Wildman–Crippen MR) is 119 cm³/mol. The van der Waals surface area contributed by atoms with E-state index in [-0.39, 0.29) is 12.5 Å². The van der Waals surface area contributed by atoms with E-state index in [0.717, 1.165) is 11.3 Å². The third-order valence-electron chi connectivity index (χ3n) is 4.21. The topological polar surface area (TPSA) is 97.0 Å². The fraction of sp³-hybridized carbons (Fsp3) is 0.316. The van der Waals surface area contributed by atoms with Crippen LogP contribution < -0.4 is 20.3 Å². The molecule has 1 aromatic carbocycles. The fourth-order valence-electron chi connectivity index (χ4n) is 2.64. The van der Waals surface area contributed by atoms with Crippen molar-refractivity contribution >= 4 is 68.2 Å². The number of halogens is 2. The Bertz CT molecular complexity index is 981. The van der Waals surface area contributed by atoms with Crippen LogP contribution in [0.15, 0.2) is 34.8 Å². The Morgan fingerprint density at radius 1 is 1.30 bits per heavy atom. The molecule has 3 rings (SSSR count). The third-order valence-corrected chi connectivity index (χ3v) is 5.95. The van der Waals surface area contributed by atoms with E-state index in [0.29, 0.717) is 38.4 Å². The Morgan fingerprint density at radius 3 is 2.70 bits per heavy atom. The van der Waals surface area contributed by atoms with Gasteiger partial charge in [0.2, 0.25) is 5.91 Å². The number of nitrogens with zero attached hydrogens (tertiary/aromatic N) is 1. The number of hydrogen-bond acceptors (Lipinski definition) is 6. The van der Waals surface area contributed by atoms with Gasteiger partial charge in [-0.3, -0.25) is 9.59 Å². The molecule has 0 bridgehead atoms. The van der Waals surface area contributed by atoms with Gasteiger partial charge in [-0.1, -0.05) is 22.9 Å². The van der Waals surface area contributed by atoms with Crippen LogP contribution in [-0.2, 0) is 14.3 Å². The van der Waals surface area contributed by atoms with Gasteiger partial charge in [-0.15, -0.1) is 0 Å². The molecule has 0 radical (unpaired) electrons. The van der Waals surface area contributed by atoms with E-state index in [1.165, 1.54) is 0 Å². The Morgan fingerprint density at radius 2 is 2.07 bits per heavy atom. The molecular formula is C19H19BrClN3O5S. The van der Waals surface area contributed by atoms with Gasteiger partial charge in [0.1, 0.15) is 12.1 Å². The summed E-state index contributed by atoms with van der Waals surface area (Å²) in [6, 6.07) is 8.29. The number of carbonyl (C=O) groups is 3. The third kappa shape index (κ3) is 5.51. The summed E-state index contributed by atoms with van der Waals surface area (Å²) in [4.78, 5) is 38.4.